The van der Waals surface area contributed by atoms with Crippen molar-refractivity contribution in [1.29, 1.82) is 0 Å². The Kier molecular flexibility index (Phi) is 4.59. The lowest BCUT2D eigenvalue weighted by Gasteiger charge is -2.08. The number of aromatic amines is 1. The van der Waals surface area contributed by atoms with Crippen molar-refractivity contribution in [2.45, 2.75) is 17.6 Å². The lowest BCUT2D eigenvalue weighted by atomic mass is 10.1. The molecule has 118 valence electrons. The number of aromatic nitrogens is 1. The summed E-state index contributed by atoms with van der Waals surface area (Å²) in [5, 5.41) is 0. The Morgan fingerprint density at radius 2 is 1.77 bits per heavy atom. The third-order valence-corrected chi connectivity index (χ3v) is 4.68. The number of ether oxygens (including phenoxy) is 1. The lowest BCUT2D eigenvalue weighted by Crippen LogP contribution is -2.19. The Morgan fingerprint density at radius 3 is 2.23 bits per heavy atom. The van der Waals surface area contributed by atoms with Gasteiger partial charge in [0.25, 0.3) is 3.79 Å². The summed E-state index contributed by atoms with van der Waals surface area (Å²) in [5.41, 5.74) is 0.593. The van der Waals surface area contributed by atoms with Crippen LogP contribution in [0.5, 0.6) is 0 Å². The molecule has 0 unspecified atom stereocenters. The predicted octanol–water partition coefficient (Wildman–Crippen LogP) is 4.08. The number of thiophene rings is 1. The van der Waals surface area contributed by atoms with E-state index < -0.39 is 15.5 Å². The number of alkyl halides is 3. The SMILES string of the molecule is COC(=O)c1[nH]c2c(C(=O)C(Cl)(Cl)Cl)c(C)sc2c1C(C)=O. The number of carbonyl (C=O) groups excluding carboxylic acids is 3. The van der Waals surface area contributed by atoms with Crippen LogP contribution in [-0.4, -0.2) is 33.4 Å². The van der Waals surface area contributed by atoms with Crippen LogP contribution >= 0.6 is 46.1 Å². The molecule has 0 saturated carbocycles. The number of rotatable bonds is 3. The lowest BCUT2D eigenvalue weighted by molar-refractivity contribution is 0.0591. The van der Waals surface area contributed by atoms with E-state index in [4.69, 9.17) is 34.8 Å². The number of halogens is 3. The number of nitrogens with one attached hydrogen (secondary N) is 1. The number of methoxy groups -OCH3 is 1. The molecule has 0 aromatic carbocycles. The maximum absolute atomic E-state index is 12.3. The van der Waals surface area contributed by atoms with Crippen molar-refractivity contribution in [2.24, 2.45) is 0 Å². The maximum atomic E-state index is 12.3. The second kappa shape index (κ2) is 5.85. The third-order valence-electron chi connectivity index (χ3n) is 3.04. The molecule has 9 heteroatoms. The van der Waals surface area contributed by atoms with E-state index in [1.807, 2.05) is 0 Å². The van der Waals surface area contributed by atoms with E-state index in [1.54, 1.807) is 6.92 Å². The van der Waals surface area contributed by atoms with Crippen LogP contribution in [0.15, 0.2) is 0 Å². The fourth-order valence-electron chi connectivity index (χ4n) is 2.15. The summed E-state index contributed by atoms with van der Waals surface area (Å²) in [7, 11) is 1.19. The van der Waals surface area contributed by atoms with Gasteiger partial charge in [-0.2, -0.15) is 0 Å². The number of fused-ring (bicyclic) bond motifs is 1. The summed E-state index contributed by atoms with van der Waals surface area (Å²) in [4.78, 5) is 39.3. The summed E-state index contributed by atoms with van der Waals surface area (Å²) in [6, 6.07) is 0. The summed E-state index contributed by atoms with van der Waals surface area (Å²) < 4.78 is 2.97. The number of hydrogen-bond donors (Lipinski definition) is 1. The molecular formula is C13H10Cl3NO4S. The van der Waals surface area contributed by atoms with Gasteiger partial charge in [-0.1, -0.05) is 34.8 Å². The standard InChI is InChI=1S/C13H10Cl3NO4S/c1-4(18)6-9(12(20)21-3)17-8-7(5(2)22-10(6)8)11(19)13(14,15)16/h17H,1-3H3. The van der Waals surface area contributed by atoms with Gasteiger partial charge in [-0.05, 0) is 13.8 Å². The molecule has 0 radical (unpaired) electrons. The minimum atomic E-state index is -2.13. The summed E-state index contributed by atoms with van der Waals surface area (Å²) >= 11 is 18.1. The first-order valence-electron chi connectivity index (χ1n) is 5.95. The Bertz CT molecular complexity index is 800. The van der Waals surface area contributed by atoms with Crippen molar-refractivity contribution in [3.05, 3.63) is 21.7 Å². The van der Waals surface area contributed by atoms with E-state index in [9.17, 15) is 14.4 Å². The summed E-state index contributed by atoms with van der Waals surface area (Å²) in [5.74, 6) is -1.77. The van der Waals surface area contributed by atoms with Crippen molar-refractivity contribution < 1.29 is 19.1 Å². The molecule has 0 bridgehead atoms. The van der Waals surface area contributed by atoms with Gasteiger partial charge in [-0.3, -0.25) is 9.59 Å². The number of Topliss-reactive ketones (excluding diaryl/α,β-unsaturated/α-hetero) is 2. The number of hydrogen-bond acceptors (Lipinski definition) is 5. The summed E-state index contributed by atoms with van der Waals surface area (Å²) in [6.45, 7) is 2.99. The number of aryl methyl sites for hydroxylation is 1. The van der Waals surface area contributed by atoms with Crippen LogP contribution in [-0.2, 0) is 4.74 Å². The zero-order valence-electron chi connectivity index (χ0n) is 11.7. The van der Waals surface area contributed by atoms with Crippen LogP contribution in [0, 0.1) is 6.92 Å². The molecule has 0 aliphatic rings. The molecule has 22 heavy (non-hydrogen) atoms. The largest absolute Gasteiger partial charge is 0.464 e. The van der Waals surface area contributed by atoms with E-state index >= 15 is 0 Å². The van der Waals surface area contributed by atoms with Crippen molar-refractivity contribution >= 4 is 73.9 Å². The van der Waals surface area contributed by atoms with Gasteiger partial charge in [0.15, 0.2) is 5.78 Å². The first kappa shape index (κ1) is 17.3. The van der Waals surface area contributed by atoms with Gasteiger partial charge >= 0.3 is 5.97 Å². The fraction of sp³-hybridized carbons (Fsp3) is 0.308. The monoisotopic (exact) mass is 381 g/mol. The highest BCUT2D eigenvalue weighted by atomic mass is 35.6. The molecule has 0 amide bonds. The van der Waals surface area contributed by atoms with Gasteiger partial charge in [0, 0.05) is 4.88 Å². The van der Waals surface area contributed by atoms with E-state index in [0.29, 0.717) is 15.1 Å². The van der Waals surface area contributed by atoms with Crippen molar-refractivity contribution in [3.63, 3.8) is 0 Å². The van der Waals surface area contributed by atoms with Gasteiger partial charge in [0.05, 0.1) is 28.5 Å². The molecule has 0 saturated heterocycles. The Morgan fingerprint density at radius 1 is 1.18 bits per heavy atom. The molecule has 0 fully saturated rings. The fourth-order valence-corrected chi connectivity index (χ4v) is 3.64. The number of H-pyrrole nitrogens is 1. The normalized spacial score (nSPS) is 11.7. The van der Waals surface area contributed by atoms with Crippen LogP contribution in [0.4, 0.5) is 0 Å². The minimum absolute atomic E-state index is 0.0189. The topological polar surface area (TPSA) is 76.2 Å². The number of ketones is 2. The molecule has 0 atom stereocenters. The van der Waals surface area contributed by atoms with Crippen molar-refractivity contribution in [1.82, 2.24) is 4.98 Å². The highest BCUT2D eigenvalue weighted by Gasteiger charge is 2.37. The molecule has 2 aromatic heterocycles. The smallest absolute Gasteiger partial charge is 0.355 e. The van der Waals surface area contributed by atoms with Gasteiger partial charge < -0.3 is 9.72 Å². The predicted molar refractivity (Wildman–Crippen MR) is 86.9 cm³/mol. The van der Waals surface area contributed by atoms with E-state index in [0.717, 1.165) is 0 Å². The molecule has 0 aliphatic carbocycles. The molecular weight excluding hydrogens is 373 g/mol. The number of esters is 1. The molecule has 2 heterocycles. The molecule has 0 aliphatic heterocycles. The maximum Gasteiger partial charge on any atom is 0.355 e. The average molecular weight is 383 g/mol. The molecule has 0 spiro atoms. The van der Waals surface area contributed by atoms with Crippen LogP contribution in [0.1, 0.15) is 43.0 Å². The zero-order chi connectivity index (χ0) is 16.8. The molecule has 2 aromatic rings. The van der Waals surface area contributed by atoms with Crippen LogP contribution in [0.3, 0.4) is 0 Å². The van der Waals surface area contributed by atoms with Crippen molar-refractivity contribution in [2.75, 3.05) is 7.11 Å². The number of carbonyl (C=O) groups is 3. The van der Waals surface area contributed by atoms with Crippen LogP contribution in [0.2, 0.25) is 0 Å². The molecule has 1 N–H and O–H groups in total. The molecule has 5 nitrogen and oxygen atoms in total. The van der Waals surface area contributed by atoms with Gasteiger partial charge in [-0.15, -0.1) is 11.3 Å². The average Bonchev–Trinajstić information content (AvgIpc) is 2.89. The van der Waals surface area contributed by atoms with Gasteiger partial charge in [0.1, 0.15) is 5.69 Å². The van der Waals surface area contributed by atoms with Crippen LogP contribution in [0.25, 0.3) is 10.2 Å². The minimum Gasteiger partial charge on any atom is -0.464 e. The first-order chi connectivity index (χ1) is 10.1. The van der Waals surface area contributed by atoms with E-state index in [2.05, 4.69) is 9.72 Å². The van der Waals surface area contributed by atoms with Gasteiger partial charge in [-0.25, -0.2) is 4.79 Å². The first-order valence-corrected chi connectivity index (χ1v) is 7.90. The van der Waals surface area contributed by atoms with Crippen molar-refractivity contribution in [3.8, 4) is 0 Å². The van der Waals surface area contributed by atoms with Crippen LogP contribution < -0.4 is 0 Å². The van der Waals surface area contributed by atoms with E-state index in [1.165, 1.54) is 25.4 Å². The van der Waals surface area contributed by atoms with E-state index in [-0.39, 0.29) is 22.6 Å². The third kappa shape index (κ3) is 2.76. The van der Waals surface area contributed by atoms with Gasteiger partial charge in [0.2, 0.25) is 5.78 Å². The Hall–Kier alpha value is -1.08. The molecule has 2 rings (SSSR count). The summed E-state index contributed by atoms with van der Waals surface area (Å²) in [6.07, 6.45) is 0. The zero-order valence-corrected chi connectivity index (χ0v) is 14.8. The second-order valence-corrected chi connectivity index (χ2v) is 7.99. The Balaban J connectivity index is 2.82. The Labute approximate surface area is 144 Å². The highest BCUT2D eigenvalue weighted by molar-refractivity contribution is 7.20. The highest BCUT2D eigenvalue weighted by Crippen LogP contribution is 2.40. The second-order valence-electron chi connectivity index (χ2n) is 4.49. The quantitative estimate of drug-likeness (QED) is 0.493.